The summed E-state index contributed by atoms with van der Waals surface area (Å²) >= 11 is 0. The fraction of sp³-hybridized carbons (Fsp3) is 0.294. The molecule has 1 saturated heterocycles. The first kappa shape index (κ1) is 15.5. The van der Waals surface area contributed by atoms with Crippen molar-refractivity contribution >= 4 is 5.91 Å². The fourth-order valence-corrected chi connectivity index (χ4v) is 3.13. The monoisotopic (exact) mass is 339 g/mol. The average Bonchev–Trinajstić information content (AvgIpc) is 3.42. The van der Waals surface area contributed by atoms with Crippen molar-refractivity contribution in [1.82, 2.24) is 25.1 Å². The van der Waals surface area contributed by atoms with Crippen molar-refractivity contribution in [1.29, 1.82) is 0 Å². The van der Waals surface area contributed by atoms with Crippen molar-refractivity contribution in [3.63, 3.8) is 0 Å². The van der Waals surface area contributed by atoms with E-state index in [1.165, 1.54) is 12.7 Å². The third kappa shape index (κ3) is 2.91. The third-order valence-corrected chi connectivity index (χ3v) is 4.45. The van der Waals surface area contributed by atoms with E-state index in [0.29, 0.717) is 30.1 Å². The molecule has 0 saturated carbocycles. The van der Waals surface area contributed by atoms with E-state index in [9.17, 15) is 4.79 Å². The fourth-order valence-electron chi connectivity index (χ4n) is 3.13. The van der Waals surface area contributed by atoms with Gasteiger partial charge in [0.15, 0.2) is 12.2 Å². The molecule has 1 aliphatic heterocycles. The van der Waals surface area contributed by atoms with Crippen molar-refractivity contribution in [2.45, 2.75) is 18.6 Å². The van der Waals surface area contributed by atoms with Gasteiger partial charge in [0.25, 0.3) is 5.91 Å². The molecule has 2 atom stereocenters. The summed E-state index contributed by atoms with van der Waals surface area (Å²) in [6, 6.07) is 7.10. The molecule has 8 heteroatoms. The lowest BCUT2D eigenvalue weighted by molar-refractivity contribution is 0.0684. The summed E-state index contributed by atoms with van der Waals surface area (Å²) in [7, 11) is 1.66. The van der Waals surface area contributed by atoms with Crippen LogP contribution in [-0.4, -0.2) is 50.7 Å². The molecule has 0 unspecified atom stereocenters. The molecule has 4 rings (SSSR count). The number of likely N-dealkylation sites (tertiary alicyclic amines) is 1. The Kier molecular flexibility index (Phi) is 4.02. The minimum Gasteiger partial charge on any atom is -0.444 e. The summed E-state index contributed by atoms with van der Waals surface area (Å²) in [6.45, 7) is 0.518. The van der Waals surface area contributed by atoms with Gasteiger partial charge in [-0.1, -0.05) is 12.1 Å². The minimum absolute atomic E-state index is 0.0208. The molecule has 128 valence electrons. The van der Waals surface area contributed by atoms with Crippen molar-refractivity contribution in [2.75, 3.05) is 13.7 Å². The maximum Gasteiger partial charge on any atom is 0.254 e. The van der Waals surface area contributed by atoms with Crippen LogP contribution in [0.15, 0.2) is 47.6 Å². The molecular weight excluding hydrogens is 322 g/mol. The van der Waals surface area contributed by atoms with Crippen LogP contribution in [0.1, 0.15) is 28.6 Å². The maximum atomic E-state index is 13.0. The number of ether oxygens (including phenoxy) is 1. The number of H-pyrrole nitrogens is 1. The highest BCUT2D eigenvalue weighted by Gasteiger charge is 2.38. The zero-order valence-corrected chi connectivity index (χ0v) is 13.6. The number of aromatic amines is 1. The topological polar surface area (TPSA) is 97.1 Å². The lowest BCUT2D eigenvalue weighted by atomic mass is 10.1. The van der Waals surface area contributed by atoms with Crippen molar-refractivity contribution in [3.8, 4) is 11.3 Å². The van der Waals surface area contributed by atoms with Crippen molar-refractivity contribution < 1.29 is 13.9 Å². The smallest absolute Gasteiger partial charge is 0.254 e. The number of amides is 1. The van der Waals surface area contributed by atoms with Crippen LogP contribution in [0.2, 0.25) is 0 Å². The number of aromatic nitrogens is 4. The third-order valence-electron chi connectivity index (χ3n) is 4.45. The van der Waals surface area contributed by atoms with Gasteiger partial charge in [0.1, 0.15) is 12.2 Å². The molecule has 0 bridgehead atoms. The second kappa shape index (κ2) is 6.48. The molecule has 0 spiro atoms. The van der Waals surface area contributed by atoms with Crippen LogP contribution >= 0.6 is 0 Å². The summed E-state index contributed by atoms with van der Waals surface area (Å²) in [6.07, 6.45) is 5.14. The quantitative estimate of drug-likeness (QED) is 0.781. The summed E-state index contributed by atoms with van der Waals surface area (Å²) in [5.41, 5.74) is 1.47. The molecule has 1 aromatic carbocycles. The van der Waals surface area contributed by atoms with Crippen LogP contribution in [0.4, 0.5) is 0 Å². The lowest BCUT2D eigenvalue weighted by Gasteiger charge is -2.22. The second-order valence-electron chi connectivity index (χ2n) is 5.88. The molecule has 8 nitrogen and oxygen atoms in total. The van der Waals surface area contributed by atoms with Crippen molar-refractivity contribution in [3.05, 3.63) is 54.6 Å². The minimum atomic E-state index is -0.172. The molecular formula is C17H17N5O3. The summed E-state index contributed by atoms with van der Waals surface area (Å²) in [4.78, 5) is 22.9. The summed E-state index contributed by atoms with van der Waals surface area (Å²) in [5.74, 6) is 1.27. The first-order chi connectivity index (χ1) is 12.3. The Morgan fingerprint density at radius 2 is 2.20 bits per heavy atom. The van der Waals surface area contributed by atoms with E-state index in [2.05, 4.69) is 20.2 Å². The molecule has 3 aromatic rings. The SMILES string of the molecule is CO[C@@H]1C[C@@H](c2ncn[nH]2)N(C(=O)c2ccc(-c3cnco3)cc2)C1. The average molecular weight is 339 g/mol. The zero-order chi connectivity index (χ0) is 17.2. The summed E-state index contributed by atoms with van der Waals surface area (Å²) in [5, 5.41) is 6.75. The predicted octanol–water partition coefficient (Wildman–Crippen LogP) is 2.06. The normalized spacial score (nSPS) is 20.1. The van der Waals surface area contributed by atoms with Crippen LogP contribution in [0.5, 0.6) is 0 Å². The van der Waals surface area contributed by atoms with E-state index in [-0.39, 0.29) is 18.1 Å². The number of carbonyl (C=O) groups excluding carboxylic acids is 1. The Bertz CT molecular complexity index is 830. The van der Waals surface area contributed by atoms with Crippen LogP contribution in [0, 0.1) is 0 Å². The second-order valence-corrected chi connectivity index (χ2v) is 5.88. The molecule has 25 heavy (non-hydrogen) atoms. The van der Waals surface area contributed by atoms with Gasteiger partial charge in [-0.15, -0.1) is 0 Å². The number of nitrogens with zero attached hydrogens (tertiary/aromatic N) is 4. The Morgan fingerprint density at radius 3 is 2.84 bits per heavy atom. The molecule has 1 N–H and O–H groups in total. The highest BCUT2D eigenvalue weighted by molar-refractivity contribution is 5.95. The van der Waals surface area contributed by atoms with Gasteiger partial charge in [0.05, 0.1) is 18.3 Å². The zero-order valence-electron chi connectivity index (χ0n) is 13.6. The van der Waals surface area contributed by atoms with Crippen molar-refractivity contribution in [2.24, 2.45) is 0 Å². The van der Waals surface area contributed by atoms with Crippen LogP contribution in [0.3, 0.4) is 0 Å². The first-order valence-electron chi connectivity index (χ1n) is 7.94. The molecule has 1 aliphatic rings. The van der Waals surface area contributed by atoms with E-state index in [0.717, 1.165) is 5.56 Å². The number of rotatable bonds is 4. The van der Waals surface area contributed by atoms with Gasteiger partial charge in [-0.25, -0.2) is 9.97 Å². The van der Waals surface area contributed by atoms with Crippen LogP contribution < -0.4 is 0 Å². The number of nitrogens with one attached hydrogen (secondary N) is 1. The number of hydrogen-bond acceptors (Lipinski definition) is 6. The number of oxazole rings is 1. The Labute approximate surface area is 143 Å². The highest BCUT2D eigenvalue weighted by Crippen LogP contribution is 2.32. The van der Waals surface area contributed by atoms with Crippen LogP contribution in [0.25, 0.3) is 11.3 Å². The number of benzene rings is 1. The standard InChI is InChI=1S/C17H17N5O3/c1-24-13-6-14(16-19-9-20-21-16)22(8-13)17(23)12-4-2-11(3-5-12)15-7-18-10-25-15/h2-5,7,9-10,13-14H,6,8H2,1H3,(H,19,20,21)/t13-,14+/m1/s1. The molecule has 1 fully saturated rings. The van der Waals surface area contributed by atoms with Gasteiger partial charge < -0.3 is 14.1 Å². The van der Waals surface area contributed by atoms with Gasteiger partial charge in [-0.05, 0) is 12.1 Å². The number of methoxy groups -OCH3 is 1. The lowest BCUT2D eigenvalue weighted by Crippen LogP contribution is -2.32. The van der Waals surface area contributed by atoms with E-state index in [1.54, 1.807) is 30.3 Å². The Balaban J connectivity index is 1.58. The molecule has 1 amide bonds. The van der Waals surface area contributed by atoms with E-state index in [4.69, 9.17) is 9.15 Å². The number of carbonyl (C=O) groups is 1. The van der Waals surface area contributed by atoms with E-state index < -0.39 is 0 Å². The van der Waals surface area contributed by atoms with E-state index >= 15 is 0 Å². The molecule has 0 aliphatic carbocycles. The van der Waals surface area contributed by atoms with Gasteiger partial charge >= 0.3 is 0 Å². The van der Waals surface area contributed by atoms with E-state index in [1.807, 2.05) is 12.1 Å². The van der Waals surface area contributed by atoms with Gasteiger partial charge in [-0.2, -0.15) is 5.10 Å². The van der Waals surface area contributed by atoms with Gasteiger partial charge in [0, 0.05) is 31.2 Å². The van der Waals surface area contributed by atoms with Gasteiger partial charge in [-0.3, -0.25) is 9.89 Å². The Hall–Kier alpha value is -3.00. The van der Waals surface area contributed by atoms with Gasteiger partial charge in [0.2, 0.25) is 0 Å². The first-order valence-corrected chi connectivity index (χ1v) is 7.94. The number of hydrogen-bond donors (Lipinski definition) is 1. The maximum absolute atomic E-state index is 13.0. The Morgan fingerprint density at radius 1 is 1.36 bits per heavy atom. The largest absolute Gasteiger partial charge is 0.444 e. The molecule has 0 radical (unpaired) electrons. The summed E-state index contributed by atoms with van der Waals surface area (Å²) < 4.78 is 10.7. The predicted molar refractivity (Wildman–Crippen MR) is 87.5 cm³/mol. The highest BCUT2D eigenvalue weighted by atomic mass is 16.5. The van der Waals surface area contributed by atoms with Crippen LogP contribution in [-0.2, 0) is 4.74 Å². The molecule has 3 heterocycles. The molecule has 2 aromatic heterocycles.